The third-order valence-corrected chi connectivity index (χ3v) is 7.72. The molecule has 0 bridgehead atoms. The van der Waals surface area contributed by atoms with E-state index in [2.05, 4.69) is 25.2 Å². The third-order valence-electron chi connectivity index (χ3n) is 7.01. The summed E-state index contributed by atoms with van der Waals surface area (Å²) >= 11 is 0. The Morgan fingerprint density at radius 3 is 2.50 bits per heavy atom. The zero-order chi connectivity index (χ0) is 30.9. The monoisotopic (exact) mass is 599 g/mol. The molecule has 11 nitrogen and oxygen atoms in total. The van der Waals surface area contributed by atoms with E-state index >= 15 is 0 Å². The Labute approximate surface area is 247 Å². The van der Waals surface area contributed by atoms with Gasteiger partial charge in [0.15, 0.2) is 0 Å². The summed E-state index contributed by atoms with van der Waals surface area (Å²) in [6.07, 6.45) is 4.15. The van der Waals surface area contributed by atoms with Crippen molar-refractivity contribution in [3.8, 4) is 0 Å². The highest BCUT2D eigenvalue weighted by Crippen LogP contribution is 2.32. The lowest BCUT2D eigenvalue weighted by molar-refractivity contribution is 0.00566. The highest BCUT2D eigenvalue weighted by Gasteiger charge is 2.36. The van der Waals surface area contributed by atoms with Crippen LogP contribution >= 0.6 is 0 Å². The number of halogens is 1. The number of aliphatic imine (C=N–C) groups is 1. The summed E-state index contributed by atoms with van der Waals surface area (Å²) in [6, 6.07) is 3.12. The second-order valence-electron chi connectivity index (χ2n) is 11.6. The first-order valence-electron chi connectivity index (χ1n) is 13.7. The number of allylic oxidation sites excluding steroid dienone is 4. The molecule has 2 unspecified atom stereocenters. The Morgan fingerprint density at radius 1 is 1.24 bits per heavy atom. The van der Waals surface area contributed by atoms with E-state index < -0.39 is 28.5 Å². The van der Waals surface area contributed by atoms with Crippen molar-refractivity contribution in [3.63, 3.8) is 0 Å². The van der Waals surface area contributed by atoms with Crippen LogP contribution < -0.4 is 16.0 Å². The molecule has 2 aliphatic rings. The highest BCUT2D eigenvalue weighted by atomic mass is 32.2. The largest absolute Gasteiger partial charge is 0.444 e. The molecule has 1 saturated heterocycles. The van der Waals surface area contributed by atoms with E-state index in [1.807, 2.05) is 40.7 Å². The summed E-state index contributed by atoms with van der Waals surface area (Å²) in [7, 11) is 0.0602. The van der Waals surface area contributed by atoms with Gasteiger partial charge in [0, 0.05) is 67.6 Å². The van der Waals surface area contributed by atoms with Crippen LogP contribution in [-0.2, 0) is 15.5 Å². The lowest BCUT2D eigenvalue weighted by atomic mass is 9.99. The van der Waals surface area contributed by atoms with Crippen LogP contribution in [0.25, 0.3) is 10.9 Å². The van der Waals surface area contributed by atoms with Crippen LogP contribution in [0.4, 0.5) is 14.9 Å². The van der Waals surface area contributed by atoms with Crippen molar-refractivity contribution in [1.82, 2.24) is 20.2 Å². The van der Waals surface area contributed by atoms with Gasteiger partial charge in [0.25, 0.3) is 5.91 Å². The van der Waals surface area contributed by atoms with E-state index in [0.717, 1.165) is 5.69 Å². The molecular formula is C29H38FN7O4S. The molecule has 1 aliphatic carbocycles. The van der Waals surface area contributed by atoms with Crippen LogP contribution in [0.15, 0.2) is 51.5 Å². The van der Waals surface area contributed by atoms with Gasteiger partial charge in [0.1, 0.15) is 11.8 Å². The first-order valence-corrected chi connectivity index (χ1v) is 15.2. The summed E-state index contributed by atoms with van der Waals surface area (Å²) in [5.74, 6) is -0.499. The van der Waals surface area contributed by atoms with Gasteiger partial charge in [-0.25, -0.2) is 19.2 Å². The van der Waals surface area contributed by atoms with E-state index in [4.69, 9.17) is 10.5 Å². The number of anilines is 1. The van der Waals surface area contributed by atoms with Gasteiger partial charge in [-0.1, -0.05) is 0 Å². The molecule has 1 fully saturated rings. The Morgan fingerprint density at radius 2 is 1.90 bits per heavy atom. The van der Waals surface area contributed by atoms with Crippen molar-refractivity contribution < 1.29 is 22.9 Å². The van der Waals surface area contributed by atoms with E-state index in [9.17, 15) is 18.2 Å². The molecule has 13 heteroatoms. The molecular weight excluding hydrogens is 561 g/mol. The van der Waals surface area contributed by atoms with Gasteiger partial charge < -0.3 is 20.7 Å². The summed E-state index contributed by atoms with van der Waals surface area (Å²) in [5.41, 5.74) is 7.38. The number of carbonyl (C=O) groups is 2. The molecule has 226 valence electrons. The Kier molecular flexibility index (Phi) is 9.00. The number of rotatable bonds is 5. The van der Waals surface area contributed by atoms with Gasteiger partial charge in [0.05, 0.1) is 39.7 Å². The number of carbonyl (C=O) groups excluding carboxylic acids is 2. The normalized spacial score (nSPS) is 22.4. The molecule has 3 N–H and O–H groups in total. The fraction of sp³-hybridized carbons (Fsp3) is 0.483. The van der Waals surface area contributed by atoms with Gasteiger partial charge in [-0.2, -0.15) is 0 Å². The van der Waals surface area contributed by atoms with E-state index in [1.54, 1.807) is 30.3 Å². The van der Waals surface area contributed by atoms with Crippen LogP contribution in [-0.4, -0.2) is 87.5 Å². The Balaban J connectivity index is 1.69. The number of benzene rings is 1. The van der Waals surface area contributed by atoms with Gasteiger partial charge >= 0.3 is 6.09 Å². The summed E-state index contributed by atoms with van der Waals surface area (Å²) < 4.78 is 32.5. The molecule has 42 heavy (non-hydrogen) atoms. The van der Waals surface area contributed by atoms with Crippen molar-refractivity contribution >= 4 is 45.6 Å². The SMILES string of the molecule is CN=CC1=C(N)C(F)CC(NC(=O)c2ccc(N3C[C@@H](C)N(C(=O)OC(C)(C)C)[C@@H](C)C3)c3cnc(S(C)=O)nc23)=C1. The maximum Gasteiger partial charge on any atom is 0.410 e. The molecule has 0 spiro atoms. The van der Waals surface area contributed by atoms with E-state index in [1.165, 1.54) is 12.5 Å². The number of hydrogen-bond acceptors (Lipinski definition) is 9. The minimum atomic E-state index is -1.49. The molecule has 2 amide bonds. The molecule has 2 heterocycles. The maximum absolute atomic E-state index is 14.6. The van der Waals surface area contributed by atoms with E-state index in [-0.39, 0.29) is 41.0 Å². The quantitative estimate of drug-likeness (QED) is 0.393. The summed E-state index contributed by atoms with van der Waals surface area (Å²) in [6.45, 7) is 10.4. The molecule has 4 rings (SSSR count). The molecule has 0 saturated carbocycles. The smallest absolute Gasteiger partial charge is 0.410 e. The first kappa shape index (κ1) is 31.1. The number of nitrogens with zero attached hydrogens (tertiary/aromatic N) is 5. The number of piperazine rings is 1. The van der Waals surface area contributed by atoms with E-state index in [0.29, 0.717) is 35.3 Å². The lowest BCUT2D eigenvalue weighted by Crippen LogP contribution is -2.59. The Bertz CT molecular complexity index is 1510. The van der Waals surface area contributed by atoms with Crippen LogP contribution in [0.2, 0.25) is 0 Å². The summed E-state index contributed by atoms with van der Waals surface area (Å²) in [4.78, 5) is 43.0. The maximum atomic E-state index is 14.6. The third kappa shape index (κ3) is 6.61. The lowest BCUT2D eigenvalue weighted by Gasteiger charge is -2.45. The van der Waals surface area contributed by atoms with Crippen molar-refractivity contribution in [1.29, 1.82) is 0 Å². The van der Waals surface area contributed by atoms with Gasteiger partial charge in [-0.15, -0.1) is 0 Å². The van der Waals surface area contributed by atoms with Gasteiger partial charge in [-0.3, -0.25) is 18.9 Å². The number of nitrogens with one attached hydrogen (secondary N) is 1. The first-order chi connectivity index (χ1) is 19.7. The molecule has 1 aliphatic heterocycles. The fourth-order valence-electron chi connectivity index (χ4n) is 5.25. The number of amides is 2. The molecule has 1 aromatic heterocycles. The number of hydrogen-bond donors (Lipinski definition) is 2. The number of nitrogens with two attached hydrogens (primary N) is 1. The Hall–Kier alpha value is -3.87. The zero-order valence-corrected chi connectivity index (χ0v) is 25.8. The van der Waals surface area contributed by atoms with Crippen molar-refractivity contribution in [2.45, 2.75) is 70.1 Å². The minimum absolute atomic E-state index is 0.0615. The van der Waals surface area contributed by atoms with Gasteiger partial charge in [0.2, 0.25) is 5.16 Å². The van der Waals surface area contributed by atoms with Crippen LogP contribution in [0.5, 0.6) is 0 Å². The second-order valence-corrected chi connectivity index (χ2v) is 12.9. The molecule has 1 aromatic carbocycles. The predicted octanol–water partition coefficient (Wildman–Crippen LogP) is 3.47. The molecule has 0 radical (unpaired) electrons. The van der Waals surface area contributed by atoms with Crippen molar-refractivity contribution in [3.05, 3.63) is 46.9 Å². The molecule has 2 aromatic rings. The topological polar surface area (TPSA) is 143 Å². The number of fused-ring (bicyclic) bond motifs is 1. The highest BCUT2D eigenvalue weighted by molar-refractivity contribution is 7.84. The fourth-order valence-corrected chi connectivity index (χ4v) is 5.67. The zero-order valence-electron chi connectivity index (χ0n) is 25.0. The standard InChI is InChI=1S/C29H38FN7O4S/c1-16-14-36(15-17(2)37(16)28(39)41-29(3,4)5)23-9-8-20(25-21(23)13-33-27(35-25)42(7)40)26(38)34-19-10-18(12-32-6)24(31)22(30)11-19/h8-10,12-13,16-17,22H,11,14-15,31H2,1-7H3,(H,34,38)/t16-,17+,22?,42?. The van der Waals surface area contributed by atoms with Crippen molar-refractivity contribution in [2.75, 3.05) is 31.3 Å². The average Bonchev–Trinajstić information content (AvgIpc) is 2.89. The molecule has 4 atom stereocenters. The van der Waals surface area contributed by atoms with Crippen LogP contribution in [0.3, 0.4) is 0 Å². The minimum Gasteiger partial charge on any atom is -0.444 e. The van der Waals surface area contributed by atoms with Crippen LogP contribution in [0, 0.1) is 0 Å². The number of ether oxygens (including phenoxy) is 1. The van der Waals surface area contributed by atoms with Gasteiger partial charge in [-0.05, 0) is 52.8 Å². The van der Waals surface area contributed by atoms with Crippen molar-refractivity contribution in [2.24, 2.45) is 10.7 Å². The average molecular weight is 600 g/mol. The van der Waals surface area contributed by atoms with Crippen LogP contribution in [0.1, 0.15) is 51.4 Å². The number of aromatic nitrogens is 2. The number of alkyl halides is 1. The predicted molar refractivity (Wildman–Crippen MR) is 162 cm³/mol. The summed E-state index contributed by atoms with van der Waals surface area (Å²) in [5, 5.41) is 3.46. The second kappa shape index (κ2) is 12.2.